The third-order valence-corrected chi connectivity index (χ3v) is 5.26. The molecule has 27 heavy (non-hydrogen) atoms. The van der Waals surface area contributed by atoms with Gasteiger partial charge in [-0.1, -0.05) is 47.7 Å². The number of carbonyl (C=O) groups is 1. The van der Waals surface area contributed by atoms with Crippen molar-refractivity contribution in [2.24, 2.45) is 0 Å². The Morgan fingerprint density at radius 1 is 1.26 bits per heavy atom. The molecule has 0 radical (unpaired) electrons. The molecule has 0 aliphatic rings. The molecular weight excluding hydrogens is 358 g/mol. The van der Waals surface area contributed by atoms with Crippen molar-refractivity contribution in [3.63, 3.8) is 0 Å². The van der Waals surface area contributed by atoms with Gasteiger partial charge in [0, 0.05) is 25.0 Å². The fraction of sp³-hybridized carbons (Fsp3) is 0.238. The van der Waals surface area contributed by atoms with Crippen molar-refractivity contribution < 1.29 is 9.53 Å². The molecule has 1 aromatic heterocycles. The van der Waals surface area contributed by atoms with Gasteiger partial charge in [0.2, 0.25) is 5.91 Å². The van der Waals surface area contributed by atoms with Crippen molar-refractivity contribution in [1.82, 2.24) is 14.9 Å². The minimum absolute atomic E-state index is 0.0132. The van der Waals surface area contributed by atoms with Gasteiger partial charge in [-0.25, -0.2) is 4.98 Å². The second kappa shape index (κ2) is 8.77. The first-order valence-electron chi connectivity index (χ1n) is 8.74. The highest BCUT2D eigenvalue weighted by atomic mass is 32.2. The molecule has 2 aromatic carbocycles. The normalized spacial score (nSPS) is 11.8. The Balaban J connectivity index is 1.64. The molecule has 1 N–H and O–H groups in total. The SMILES string of the molecule is COc1cccc(-n2ccnc2SC(C)C(=O)NCc2ccc(C)cc2)c1. The number of carbonyl (C=O) groups excluding carboxylic acids is 1. The number of methoxy groups -OCH3 is 1. The molecule has 3 aromatic rings. The number of nitrogens with one attached hydrogen (secondary N) is 1. The van der Waals surface area contributed by atoms with Crippen LogP contribution in [-0.2, 0) is 11.3 Å². The molecule has 0 aliphatic carbocycles. The maximum Gasteiger partial charge on any atom is 0.233 e. The molecule has 6 heteroatoms. The summed E-state index contributed by atoms with van der Waals surface area (Å²) in [6.45, 7) is 4.46. The van der Waals surface area contributed by atoms with E-state index in [-0.39, 0.29) is 11.2 Å². The van der Waals surface area contributed by atoms with Crippen molar-refractivity contribution in [1.29, 1.82) is 0 Å². The number of benzene rings is 2. The number of nitrogens with zero attached hydrogens (tertiary/aromatic N) is 2. The van der Waals surface area contributed by atoms with E-state index in [4.69, 9.17) is 4.74 Å². The van der Waals surface area contributed by atoms with E-state index in [1.807, 2.05) is 73.1 Å². The standard InChI is InChI=1S/C21H23N3O2S/c1-15-7-9-17(10-8-15)14-23-20(25)16(2)27-21-22-11-12-24(21)18-5-4-6-19(13-18)26-3/h4-13,16H,14H2,1-3H3,(H,23,25). The largest absolute Gasteiger partial charge is 0.497 e. The minimum Gasteiger partial charge on any atom is -0.497 e. The van der Waals surface area contributed by atoms with Crippen LogP contribution in [0.3, 0.4) is 0 Å². The minimum atomic E-state index is -0.262. The zero-order valence-electron chi connectivity index (χ0n) is 15.7. The van der Waals surface area contributed by atoms with E-state index in [0.717, 1.165) is 22.2 Å². The molecule has 1 unspecified atom stereocenters. The van der Waals surface area contributed by atoms with E-state index in [9.17, 15) is 4.79 Å². The topological polar surface area (TPSA) is 56.2 Å². The van der Waals surface area contributed by atoms with E-state index in [0.29, 0.717) is 6.54 Å². The molecule has 0 saturated carbocycles. The Morgan fingerprint density at radius 3 is 2.78 bits per heavy atom. The quantitative estimate of drug-likeness (QED) is 0.629. The predicted octanol–water partition coefficient (Wildman–Crippen LogP) is 3.99. The third-order valence-electron chi connectivity index (χ3n) is 4.18. The van der Waals surface area contributed by atoms with Gasteiger partial charge in [-0.2, -0.15) is 0 Å². The van der Waals surface area contributed by atoms with Gasteiger partial charge in [0.05, 0.1) is 18.0 Å². The zero-order chi connectivity index (χ0) is 19.2. The average Bonchev–Trinajstić information content (AvgIpc) is 3.15. The summed E-state index contributed by atoms with van der Waals surface area (Å²) in [6.07, 6.45) is 3.62. The average molecular weight is 382 g/mol. The van der Waals surface area contributed by atoms with Crippen LogP contribution in [0.1, 0.15) is 18.1 Å². The second-order valence-corrected chi connectivity index (χ2v) is 7.55. The monoisotopic (exact) mass is 381 g/mol. The summed E-state index contributed by atoms with van der Waals surface area (Å²) in [5, 5.41) is 3.49. The van der Waals surface area contributed by atoms with E-state index in [1.165, 1.54) is 17.3 Å². The van der Waals surface area contributed by atoms with Crippen LogP contribution in [0.15, 0.2) is 66.1 Å². The molecular formula is C21H23N3O2S. The van der Waals surface area contributed by atoms with E-state index in [2.05, 4.69) is 10.3 Å². The summed E-state index contributed by atoms with van der Waals surface area (Å²) in [5.41, 5.74) is 3.24. The van der Waals surface area contributed by atoms with Crippen molar-refractivity contribution in [2.75, 3.05) is 7.11 Å². The molecule has 1 heterocycles. The number of imidazole rings is 1. The van der Waals surface area contributed by atoms with Crippen LogP contribution in [0.4, 0.5) is 0 Å². The predicted molar refractivity (Wildman–Crippen MR) is 108 cm³/mol. The first-order valence-corrected chi connectivity index (χ1v) is 9.62. The van der Waals surface area contributed by atoms with Crippen LogP contribution in [0.2, 0.25) is 0 Å². The number of aromatic nitrogens is 2. The summed E-state index contributed by atoms with van der Waals surface area (Å²) in [7, 11) is 1.64. The maximum absolute atomic E-state index is 12.5. The zero-order valence-corrected chi connectivity index (χ0v) is 16.5. The lowest BCUT2D eigenvalue weighted by Gasteiger charge is -2.13. The molecule has 0 fully saturated rings. The highest BCUT2D eigenvalue weighted by Crippen LogP contribution is 2.26. The fourth-order valence-corrected chi connectivity index (χ4v) is 3.49. The first kappa shape index (κ1) is 19.0. The second-order valence-electron chi connectivity index (χ2n) is 6.24. The van der Waals surface area contributed by atoms with Gasteiger partial charge in [-0.3, -0.25) is 9.36 Å². The van der Waals surface area contributed by atoms with Gasteiger partial charge >= 0.3 is 0 Å². The van der Waals surface area contributed by atoms with Crippen LogP contribution >= 0.6 is 11.8 Å². The molecule has 1 atom stereocenters. The number of rotatable bonds is 7. The molecule has 0 bridgehead atoms. The van der Waals surface area contributed by atoms with Gasteiger partial charge in [0.25, 0.3) is 0 Å². The molecule has 140 valence electrons. The van der Waals surface area contributed by atoms with Gasteiger partial charge in [-0.05, 0) is 31.5 Å². The van der Waals surface area contributed by atoms with Crippen molar-refractivity contribution in [3.05, 3.63) is 72.1 Å². The molecule has 0 spiro atoms. The van der Waals surface area contributed by atoms with E-state index in [1.54, 1.807) is 13.3 Å². The van der Waals surface area contributed by atoms with Crippen LogP contribution in [0, 0.1) is 6.92 Å². The first-order chi connectivity index (χ1) is 13.1. The van der Waals surface area contributed by atoms with Gasteiger partial charge in [0.15, 0.2) is 5.16 Å². The van der Waals surface area contributed by atoms with Crippen molar-refractivity contribution >= 4 is 17.7 Å². The highest BCUT2D eigenvalue weighted by molar-refractivity contribution is 8.00. The molecule has 1 amide bonds. The summed E-state index contributed by atoms with van der Waals surface area (Å²) in [4.78, 5) is 16.9. The molecule has 5 nitrogen and oxygen atoms in total. The number of aryl methyl sites for hydroxylation is 1. The molecule has 0 aliphatic heterocycles. The Hall–Kier alpha value is -2.73. The number of hydrogen-bond acceptors (Lipinski definition) is 4. The van der Waals surface area contributed by atoms with Gasteiger partial charge in [-0.15, -0.1) is 0 Å². The number of hydrogen-bond donors (Lipinski definition) is 1. The molecule has 3 rings (SSSR count). The number of amides is 1. The van der Waals surface area contributed by atoms with Crippen molar-refractivity contribution in [3.8, 4) is 11.4 Å². The third kappa shape index (κ3) is 4.92. The smallest absolute Gasteiger partial charge is 0.233 e. The van der Waals surface area contributed by atoms with Crippen LogP contribution in [0.25, 0.3) is 5.69 Å². The summed E-state index contributed by atoms with van der Waals surface area (Å²) < 4.78 is 7.24. The Bertz CT molecular complexity index is 906. The van der Waals surface area contributed by atoms with E-state index >= 15 is 0 Å². The van der Waals surface area contributed by atoms with Gasteiger partial charge in [0.1, 0.15) is 5.75 Å². The number of thioether (sulfide) groups is 1. The molecule has 0 saturated heterocycles. The van der Waals surface area contributed by atoms with Crippen LogP contribution < -0.4 is 10.1 Å². The summed E-state index contributed by atoms with van der Waals surface area (Å²) in [6, 6.07) is 15.9. The Morgan fingerprint density at radius 2 is 2.04 bits per heavy atom. The van der Waals surface area contributed by atoms with Crippen LogP contribution in [0.5, 0.6) is 5.75 Å². The van der Waals surface area contributed by atoms with Crippen LogP contribution in [-0.4, -0.2) is 27.8 Å². The Labute approximate surface area is 163 Å². The highest BCUT2D eigenvalue weighted by Gasteiger charge is 2.17. The summed E-state index contributed by atoms with van der Waals surface area (Å²) in [5.74, 6) is 0.766. The van der Waals surface area contributed by atoms with E-state index < -0.39 is 0 Å². The lowest BCUT2D eigenvalue weighted by Crippen LogP contribution is -2.30. The number of ether oxygens (including phenoxy) is 1. The lowest BCUT2D eigenvalue weighted by atomic mass is 10.1. The summed E-state index contributed by atoms with van der Waals surface area (Å²) >= 11 is 1.43. The van der Waals surface area contributed by atoms with Crippen molar-refractivity contribution in [2.45, 2.75) is 30.8 Å². The maximum atomic E-state index is 12.5. The Kier molecular flexibility index (Phi) is 6.19. The fourth-order valence-electron chi connectivity index (χ4n) is 2.58. The lowest BCUT2D eigenvalue weighted by molar-refractivity contribution is -0.120. The van der Waals surface area contributed by atoms with Gasteiger partial charge < -0.3 is 10.1 Å².